The molecular formula is C21H23N3O. The summed E-state index contributed by atoms with van der Waals surface area (Å²) in [4.78, 5) is 14.5. The molecule has 4 rings (SSSR count). The average Bonchev–Trinajstić information content (AvgIpc) is 2.84. The van der Waals surface area contributed by atoms with Gasteiger partial charge in [0.2, 0.25) is 0 Å². The summed E-state index contributed by atoms with van der Waals surface area (Å²) < 4.78 is 2.18. The number of amides is 2. The number of aryl methyl sites for hydroxylation is 1. The van der Waals surface area contributed by atoms with Crippen molar-refractivity contribution in [1.29, 1.82) is 0 Å². The van der Waals surface area contributed by atoms with Gasteiger partial charge < -0.3 is 14.8 Å². The van der Waals surface area contributed by atoms with Gasteiger partial charge in [-0.15, -0.1) is 0 Å². The molecule has 0 radical (unpaired) electrons. The lowest BCUT2D eigenvalue weighted by atomic mass is 10.1. The van der Waals surface area contributed by atoms with Crippen molar-refractivity contribution in [2.45, 2.75) is 19.4 Å². The minimum Gasteiger partial charge on any atom is -0.350 e. The second-order valence-corrected chi connectivity index (χ2v) is 6.72. The Kier molecular flexibility index (Phi) is 4.18. The van der Waals surface area contributed by atoms with Gasteiger partial charge in [-0.3, -0.25) is 0 Å². The van der Waals surface area contributed by atoms with Gasteiger partial charge in [-0.05, 0) is 35.6 Å². The van der Waals surface area contributed by atoms with Gasteiger partial charge >= 0.3 is 6.03 Å². The van der Waals surface area contributed by atoms with Gasteiger partial charge in [-0.1, -0.05) is 42.5 Å². The number of hydrogen-bond donors (Lipinski definition) is 1. The van der Waals surface area contributed by atoms with E-state index in [9.17, 15) is 4.79 Å². The Morgan fingerprint density at radius 1 is 1.08 bits per heavy atom. The first-order valence-electron chi connectivity index (χ1n) is 8.85. The molecule has 0 aliphatic carbocycles. The zero-order chi connectivity index (χ0) is 17.2. The number of benzene rings is 2. The molecule has 0 fully saturated rings. The van der Waals surface area contributed by atoms with Crippen LogP contribution in [0.2, 0.25) is 0 Å². The van der Waals surface area contributed by atoms with Crippen LogP contribution in [0.15, 0.2) is 54.7 Å². The summed E-state index contributed by atoms with van der Waals surface area (Å²) in [6.45, 7) is 2.09. The van der Waals surface area contributed by atoms with Crippen molar-refractivity contribution in [2.75, 3.05) is 13.1 Å². The summed E-state index contributed by atoms with van der Waals surface area (Å²) in [5, 5.41) is 4.40. The number of aromatic nitrogens is 1. The van der Waals surface area contributed by atoms with E-state index in [1.54, 1.807) is 0 Å². The van der Waals surface area contributed by atoms with Crippen molar-refractivity contribution >= 4 is 16.9 Å². The fourth-order valence-electron chi connectivity index (χ4n) is 3.72. The molecule has 3 aromatic rings. The standard InChI is InChI=1S/C21H23N3O/c1-23-14-18-11-13-24(15-17-8-5-9-19(23)20(17)18)21(25)22-12-10-16-6-3-2-4-7-16/h2-9,14H,10-13,15H2,1H3,(H,22,25). The number of nitrogens with zero attached hydrogens (tertiary/aromatic N) is 2. The molecule has 4 heteroatoms. The Hall–Kier alpha value is -2.75. The largest absolute Gasteiger partial charge is 0.350 e. The zero-order valence-corrected chi connectivity index (χ0v) is 14.5. The molecule has 2 heterocycles. The van der Waals surface area contributed by atoms with E-state index in [1.165, 1.54) is 27.6 Å². The number of urea groups is 1. The van der Waals surface area contributed by atoms with Gasteiger partial charge in [-0.25, -0.2) is 4.79 Å². The van der Waals surface area contributed by atoms with Crippen LogP contribution in [0.4, 0.5) is 4.79 Å². The second kappa shape index (κ2) is 6.63. The number of carbonyl (C=O) groups excluding carboxylic acids is 1. The molecular weight excluding hydrogens is 310 g/mol. The maximum atomic E-state index is 12.6. The summed E-state index contributed by atoms with van der Waals surface area (Å²) >= 11 is 0. The van der Waals surface area contributed by atoms with Crippen LogP contribution in [0.25, 0.3) is 10.9 Å². The van der Waals surface area contributed by atoms with E-state index < -0.39 is 0 Å². The van der Waals surface area contributed by atoms with Crippen molar-refractivity contribution in [1.82, 2.24) is 14.8 Å². The molecule has 1 aliphatic rings. The Labute approximate surface area is 148 Å². The highest BCUT2D eigenvalue weighted by molar-refractivity contribution is 5.88. The summed E-state index contributed by atoms with van der Waals surface area (Å²) in [7, 11) is 2.09. The molecule has 1 aliphatic heterocycles. The van der Waals surface area contributed by atoms with E-state index in [2.05, 4.69) is 53.5 Å². The van der Waals surface area contributed by atoms with Crippen LogP contribution in [-0.4, -0.2) is 28.6 Å². The van der Waals surface area contributed by atoms with Crippen LogP contribution in [0.3, 0.4) is 0 Å². The Morgan fingerprint density at radius 2 is 1.92 bits per heavy atom. The molecule has 128 valence electrons. The van der Waals surface area contributed by atoms with E-state index >= 15 is 0 Å². The molecule has 1 N–H and O–H groups in total. The molecule has 0 saturated carbocycles. The van der Waals surface area contributed by atoms with Crippen molar-refractivity contribution in [3.8, 4) is 0 Å². The van der Waals surface area contributed by atoms with E-state index in [0.717, 1.165) is 19.4 Å². The summed E-state index contributed by atoms with van der Waals surface area (Å²) in [6, 6.07) is 16.7. The minimum absolute atomic E-state index is 0.0301. The molecule has 1 aromatic heterocycles. The Morgan fingerprint density at radius 3 is 2.76 bits per heavy atom. The number of nitrogens with one attached hydrogen (secondary N) is 1. The molecule has 2 amide bonds. The highest BCUT2D eigenvalue weighted by atomic mass is 16.2. The third-order valence-electron chi connectivity index (χ3n) is 5.01. The lowest BCUT2D eigenvalue weighted by Gasteiger charge is -2.21. The average molecular weight is 333 g/mol. The van der Waals surface area contributed by atoms with Crippen LogP contribution >= 0.6 is 0 Å². The molecule has 0 bridgehead atoms. The normalized spacial score (nSPS) is 13.7. The fraction of sp³-hybridized carbons (Fsp3) is 0.286. The van der Waals surface area contributed by atoms with Gasteiger partial charge in [0.05, 0.1) is 0 Å². The predicted octanol–water partition coefficient (Wildman–Crippen LogP) is 3.49. The SMILES string of the molecule is Cn1cc2c3c(cccc31)CN(C(=O)NCCc1ccccc1)CC2. The van der Waals surface area contributed by atoms with Crippen LogP contribution in [-0.2, 0) is 26.4 Å². The van der Waals surface area contributed by atoms with Crippen LogP contribution in [0.5, 0.6) is 0 Å². The van der Waals surface area contributed by atoms with Crippen molar-refractivity contribution in [3.05, 3.63) is 71.4 Å². The molecule has 0 unspecified atom stereocenters. The van der Waals surface area contributed by atoms with Gasteiger partial charge in [0.1, 0.15) is 0 Å². The highest BCUT2D eigenvalue weighted by Crippen LogP contribution is 2.28. The number of rotatable bonds is 3. The zero-order valence-electron chi connectivity index (χ0n) is 14.5. The number of carbonyl (C=O) groups is 1. The maximum absolute atomic E-state index is 12.6. The summed E-state index contributed by atoms with van der Waals surface area (Å²) in [6.07, 6.45) is 3.96. The van der Waals surface area contributed by atoms with E-state index in [1.807, 2.05) is 23.1 Å². The third-order valence-corrected chi connectivity index (χ3v) is 5.01. The Bertz CT molecular complexity index is 898. The van der Waals surface area contributed by atoms with E-state index in [4.69, 9.17) is 0 Å². The summed E-state index contributed by atoms with van der Waals surface area (Å²) in [5.74, 6) is 0. The van der Waals surface area contributed by atoms with Crippen LogP contribution < -0.4 is 5.32 Å². The van der Waals surface area contributed by atoms with E-state index in [-0.39, 0.29) is 6.03 Å². The highest BCUT2D eigenvalue weighted by Gasteiger charge is 2.21. The lowest BCUT2D eigenvalue weighted by molar-refractivity contribution is 0.197. The molecule has 2 aromatic carbocycles. The van der Waals surface area contributed by atoms with Crippen LogP contribution in [0, 0.1) is 0 Å². The quantitative estimate of drug-likeness (QED) is 0.783. The first-order chi connectivity index (χ1) is 12.2. The Balaban J connectivity index is 1.44. The molecule has 25 heavy (non-hydrogen) atoms. The topological polar surface area (TPSA) is 37.3 Å². The molecule has 0 saturated heterocycles. The smallest absolute Gasteiger partial charge is 0.317 e. The summed E-state index contributed by atoms with van der Waals surface area (Å²) in [5.41, 5.74) is 5.08. The van der Waals surface area contributed by atoms with Gasteiger partial charge in [0.25, 0.3) is 0 Å². The minimum atomic E-state index is 0.0301. The third kappa shape index (κ3) is 3.12. The van der Waals surface area contributed by atoms with Crippen molar-refractivity contribution < 1.29 is 4.79 Å². The lowest BCUT2D eigenvalue weighted by Crippen LogP contribution is -2.40. The first kappa shape index (κ1) is 15.8. The van der Waals surface area contributed by atoms with Gasteiger partial charge in [-0.2, -0.15) is 0 Å². The fourth-order valence-corrected chi connectivity index (χ4v) is 3.72. The van der Waals surface area contributed by atoms with Crippen LogP contribution in [0.1, 0.15) is 16.7 Å². The number of hydrogen-bond acceptors (Lipinski definition) is 1. The monoisotopic (exact) mass is 333 g/mol. The van der Waals surface area contributed by atoms with Crippen molar-refractivity contribution in [3.63, 3.8) is 0 Å². The van der Waals surface area contributed by atoms with E-state index in [0.29, 0.717) is 13.1 Å². The van der Waals surface area contributed by atoms with Gasteiger partial charge in [0, 0.05) is 43.8 Å². The first-order valence-corrected chi connectivity index (χ1v) is 8.85. The predicted molar refractivity (Wildman–Crippen MR) is 101 cm³/mol. The molecule has 0 atom stereocenters. The molecule has 0 spiro atoms. The van der Waals surface area contributed by atoms with Gasteiger partial charge in [0.15, 0.2) is 0 Å². The second-order valence-electron chi connectivity index (χ2n) is 6.72. The van der Waals surface area contributed by atoms with Crippen molar-refractivity contribution in [2.24, 2.45) is 7.05 Å². The maximum Gasteiger partial charge on any atom is 0.317 e. The molecule has 4 nitrogen and oxygen atoms in total.